The van der Waals surface area contributed by atoms with Gasteiger partial charge in [0.05, 0.1) is 11.0 Å². The molecule has 0 spiro atoms. The highest BCUT2D eigenvalue weighted by molar-refractivity contribution is 8.24. The van der Waals surface area contributed by atoms with E-state index in [1.165, 1.54) is 16.8 Å². The summed E-state index contributed by atoms with van der Waals surface area (Å²) in [5, 5.41) is 21.2. The molecule has 1 aliphatic rings. The molecule has 0 saturated carbocycles. The fraction of sp³-hybridized carbons (Fsp3) is 0.190. The van der Waals surface area contributed by atoms with Gasteiger partial charge in [-0.1, -0.05) is 60.4 Å². The lowest BCUT2D eigenvalue weighted by Crippen LogP contribution is -2.54. The highest BCUT2D eigenvalue weighted by Crippen LogP contribution is 2.42. The quantitative estimate of drug-likeness (QED) is 0.234. The third-order valence-electron chi connectivity index (χ3n) is 4.80. The van der Waals surface area contributed by atoms with Gasteiger partial charge in [0, 0.05) is 28.4 Å². The van der Waals surface area contributed by atoms with Gasteiger partial charge in [0.2, 0.25) is 0 Å². The number of nitrogens with zero attached hydrogens (tertiary/aromatic N) is 3. The molecule has 1 atom stereocenters. The zero-order valence-electron chi connectivity index (χ0n) is 16.4. The summed E-state index contributed by atoms with van der Waals surface area (Å²) in [6.45, 7) is 3.82. The molecular formula is C21H21N5O2S2. The first-order chi connectivity index (χ1) is 14.4. The molecule has 0 radical (unpaired) electrons. The van der Waals surface area contributed by atoms with Gasteiger partial charge < -0.3 is 10.3 Å². The molecule has 0 bridgehead atoms. The van der Waals surface area contributed by atoms with Gasteiger partial charge in [-0.2, -0.15) is 10.2 Å². The van der Waals surface area contributed by atoms with Gasteiger partial charge in [0.1, 0.15) is 0 Å². The topological polar surface area (TPSA) is 84.0 Å². The number of rotatable bonds is 4. The average Bonchev–Trinajstić information content (AvgIpc) is 3.23. The number of fused-ring (bicyclic) bond motifs is 1. The van der Waals surface area contributed by atoms with Crippen molar-refractivity contribution >= 4 is 57.1 Å². The Bertz CT molecular complexity index is 1110. The van der Waals surface area contributed by atoms with Crippen molar-refractivity contribution in [2.75, 3.05) is 5.32 Å². The van der Waals surface area contributed by atoms with Gasteiger partial charge in [-0.25, -0.2) is 9.80 Å². The summed E-state index contributed by atoms with van der Waals surface area (Å²) in [5.74, 6) is 0. The normalized spacial score (nSPS) is 18.3. The van der Waals surface area contributed by atoms with Crippen LogP contribution in [0.1, 0.15) is 19.4 Å². The number of hydroxylamine groups is 2. The van der Waals surface area contributed by atoms with Gasteiger partial charge in [0.25, 0.3) is 0 Å². The summed E-state index contributed by atoms with van der Waals surface area (Å²) in [5.41, 5.74) is 2.47. The van der Waals surface area contributed by atoms with Gasteiger partial charge in [-0.05, 0) is 32.0 Å². The molecule has 0 unspecified atom stereocenters. The summed E-state index contributed by atoms with van der Waals surface area (Å²) in [6, 6.07) is 16.2. The van der Waals surface area contributed by atoms with Crippen molar-refractivity contribution in [1.29, 1.82) is 0 Å². The van der Waals surface area contributed by atoms with E-state index in [0.717, 1.165) is 16.5 Å². The number of hydrogen-bond donors (Lipinski definition) is 3. The van der Waals surface area contributed by atoms with Crippen molar-refractivity contribution < 1.29 is 10.0 Å². The molecule has 1 fully saturated rings. The molecule has 2 aromatic carbocycles. The fourth-order valence-electron chi connectivity index (χ4n) is 3.37. The lowest BCUT2D eigenvalue weighted by molar-refractivity contribution is -0.114. The number of H-pyrrole nitrogens is 1. The second-order valence-corrected chi connectivity index (χ2v) is 9.65. The van der Waals surface area contributed by atoms with Crippen LogP contribution in [-0.2, 0) is 0 Å². The molecule has 3 aromatic rings. The molecule has 0 aliphatic carbocycles. The molecule has 30 heavy (non-hydrogen) atoms. The van der Waals surface area contributed by atoms with Crippen molar-refractivity contribution in [2.24, 2.45) is 5.10 Å². The van der Waals surface area contributed by atoms with Crippen LogP contribution in [0.15, 0.2) is 65.9 Å². The Hall–Kier alpha value is -2.88. The number of anilines is 1. The molecule has 154 valence electrons. The monoisotopic (exact) mass is 439 g/mol. The number of aromatic amines is 1. The van der Waals surface area contributed by atoms with Crippen LogP contribution in [0.2, 0.25) is 0 Å². The van der Waals surface area contributed by atoms with Crippen LogP contribution < -0.4 is 5.32 Å². The number of carbonyl (C=O) groups excluding carboxylic acids is 1. The summed E-state index contributed by atoms with van der Waals surface area (Å²) in [7, 11) is 0. The minimum atomic E-state index is -0.778. The summed E-state index contributed by atoms with van der Waals surface area (Å²) in [4.78, 5) is 15.9. The highest BCUT2D eigenvalue weighted by Gasteiger charge is 2.50. The molecule has 1 aromatic heterocycles. The largest absolute Gasteiger partial charge is 0.361 e. The van der Waals surface area contributed by atoms with E-state index < -0.39 is 16.9 Å². The second kappa shape index (κ2) is 8.10. The maximum atomic E-state index is 12.7. The maximum absolute atomic E-state index is 12.7. The van der Waals surface area contributed by atoms with E-state index in [9.17, 15) is 10.0 Å². The SMILES string of the molecule is CC1(C)SC(=S)N(/N=C\c2c[nH]c3ccccc23)[C@H]1N(O)C(=O)Nc1ccccc1. The van der Waals surface area contributed by atoms with Crippen molar-refractivity contribution in [1.82, 2.24) is 15.1 Å². The van der Waals surface area contributed by atoms with Crippen molar-refractivity contribution in [3.05, 3.63) is 66.4 Å². The molecular weight excluding hydrogens is 418 g/mol. The Morgan fingerprint density at radius 1 is 1.27 bits per heavy atom. The zero-order valence-corrected chi connectivity index (χ0v) is 18.1. The van der Waals surface area contributed by atoms with E-state index in [-0.39, 0.29) is 0 Å². The van der Waals surface area contributed by atoms with Gasteiger partial charge in [-0.3, -0.25) is 5.21 Å². The summed E-state index contributed by atoms with van der Waals surface area (Å²) in [6.07, 6.45) is 2.77. The minimum absolute atomic E-state index is 0.479. The smallest absolute Gasteiger partial charge is 0.347 e. The van der Waals surface area contributed by atoms with Crippen LogP contribution in [0.3, 0.4) is 0 Å². The van der Waals surface area contributed by atoms with Crippen LogP contribution in [0.4, 0.5) is 10.5 Å². The Balaban J connectivity index is 1.59. The molecule has 1 aliphatic heterocycles. The third-order valence-corrected chi connectivity index (χ3v) is 6.33. The van der Waals surface area contributed by atoms with Gasteiger partial charge in [0.15, 0.2) is 10.5 Å². The average molecular weight is 440 g/mol. The standard InChI is InChI=1S/C21H21N5O2S2/c1-21(2)18(26(28)19(27)24-15-8-4-3-5-9-15)25(20(29)30-21)23-13-14-12-22-17-11-7-6-10-16(14)17/h3-13,18,22,28H,1-2H3,(H,24,27)/b23-13-/t18-/m0/s1. The Labute approximate surface area is 183 Å². The van der Waals surface area contributed by atoms with Crippen molar-refractivity contribution in [2.45, 2.75) is 24.8 Å². The number of amides is 2. The van der Waals surface area contributed by atoms with Crippen LogP contribution in [0.5, 0.6) is 0 Å². The van der Waals surface area contributed by atoms with Gasteiger partial charge in [-0.15, -0.1) is 0 Å². The molecule has 3 N–H and O–H groups in total. The number of nitrogens with one attached hydrogen (secondary N) is 2. The molecule has 7 nitrogen and oxygen atoms in total. The molecule has 2 heterocycles. The highest BCUT2D eigenvalue weighted by atomic mass is 32.2. The molecule has 2 amide bonds. The Kier molecular flexibility index (Phi) is 5.50. The summed E-state index contributed by atoms with van der Waals surface area (Å²) < 4.78 is -0.0927. The van der Waals surface area contributed by atoms with E-state index in [1.54, 1.807) is 30.5 Å². The number of benzene rings is 2. The first kappa shape index (κ1) is 20.4. The van der Waals surface area contributed by atoms with Crippen LogP contribution in [0, 0.1) is 0 Å². The third kappa shape index (κ3) is 3.91. The zero-order chi connectivity index (χ0) is 21.3. The first-order valence-electron chi connectivity index (χ1n) is 9.33. The van der Waals surface area contributed by atoms with E-state index in [4.69, 9.17) is 12.2 Å². The van der Waals surface area contributed by atoms with Crippen molar-refractivity contribution in [3.8, 4) is 0 Å². The number of urea groups is 1. The second-order valence-electron chi connectivity index (χ2n) is 7.36. The summed E-state index contributed by atoms with van der Waals surface area (Å²) >= 11 is 6.88. The van der Waals surface area contributed by atoms with E-state index in [1.807, 2.05) is 50.4 Å². The number of para-hydroxylation sites is 2. The number of thioether (sulfide) groups is 1. The van der Waals surface area contributed by atoms with Gasteiger partial charge >= 0.3 is 6.03 Å². The van der Waals surface area contributed by atoms with Crippen LogP contribution in [0.25, 0.3) is 10.9 Å². The number of hydrazone groups is 1. The first-order valence-corrected chi connectivity index (χ1v) is 10.6. The Morgan fingerprint density at radius 3 is 2.73 bits per heavy atom. The number of hydrogen-bond acceptors (Lipinski definition) is 5. The number of aromatic nitrogens is 1. The van der Waals surface area contributed by atoms with Crippen molar-refractivity contribution in [3.63, 3.8) is 0 Å². The van der Waals surface area contributed by atoms with E-state index >= 15 is 0 Å². The minimum Gasteiger partial charge on any atom is -0.361 e. The van der Waals surface area contributed by atoms with E-state index in [2.05, 4.69) is 15.4 Å². The van der Waals surface area contributed by atoms with Crippen LogP contribution in [-0.4, -0.2) is 47.7 Å². The number of carbonyl (C=O) groups is 1. The molecule has 9 heteroatoms. The van der Waals surface area contributed by atoms with Crippen LogP contribution >= 0.6 is 24.0 Å². The fourth-order valence-corrected chi connectivity index (χ4v) is 5.15. The number of thiocarbonyl (C=S) groups is 1. The van der Waals surface area contributed by atoms with E-state index in [0.29, 0.717) is 15.1 Å². The predicted octanol–water partition coefficient (Wildman–Crippen LogP) is 4.86. The lowest BCUT2D eigenvalue weighted by atomic mass is 10.1. The molecule has 1 saturated heterocycles. The predicted molar refractivity (Wildman–Crippen MR) is 125 cm³/mol. The lowest BCUT2D eigenvalue weighted by Gasteiger charge is -2.34. The maximum Gasteiger partial charge on any atom is 0.347 e. The molecule has 4 rings (SSSR count). The Morgan fingerprint density at radius 2 is 1.97 bits per heavy atom.